The molecule has 1 N–H and O–H groups in total. The Labute approximate surface area is 182 Å². The summed E-state index contributed by atoms with van der Waals surface area (Å²) in [7, 11) is 4.69. The molecule has 0 unspecified atom stereocenters. The standard InChI is InChI=1S/C22H31N3O4S/c1-5-24-10-8-17(9-11-24)25(15-18-7-6-12-30-18)22(26)23-16-13-19(27-2)21(29-4)20(14-16)28-3/h6-7,12-14,17H,5,8-11,15H2,1-4H3,(H,23,26). The summed E-state index contributed by atoms with van der Waals surface area (Å²) < 4.78 is 16.2. The van der Waals surface area contributed by atoms with Crippen LogP contribution in [0.3, 0.4) is 0 Å². The van der Waals surface area contributed by atoms with Crippen LogP contribution in [0.1, 0.15) is 24.6 Å². The van der Waals surface area contributed by atoms with E-state index in [0.717, 1.165) is 32.5 Å². The number of methoxy groups -OCH3 is 3. The van der Waals surface area contributed by atoms with E-state index in [1.165, 1.54) is 4.88 Å². The number of urea groups is 1. The third-order valence-electron chi connectivity index (χ3n) is 5.53. The predicted molar refractivity (Wildman–Crippen MR) is 120 cm³/mol. The van der Waals surface area contributed by atoms with Gasteiger partial charge in [-0.3, -0.25) is 0 Å². The second kappa shape index (κ2) is 10.5. The third-order valence-corrected chi connectivity index (χ3v) is 6.39. The lowest BCUT2D eigenvalue weighted by Crippen LogP contribution is -2.48. The van der Waals surface area contributed by atoms with Gasteiger partial charge in [-0.1, -0.05) is 13.0 Å². The maximum Gasteiger partial charge on any atom is 0.322 e. The van der Waals surface area contributed by atoms with Crippen molar-refractivity contribution in [2.75, 3.05) is 46.3 Å². The van der Waals surface area contributed by atoms with Crippen LogP contribution in [0.15, 0.2) is 29.6 Å². The molecule has 0 atom stereocenters. The summed E-state index contributed by atoms with van der Waals surface area (Å²) in [5.41, 5.74) is 0.608. The Morgan fingerprint density at radius 2 is 1.83 bits per heavy atom. The van der Waals surface area contributed by atoms with Crippen molar-refractivity contribution in [3.8, 4) is 17.2 Å². The van der Waals surface area contributed by atoms with Crippen LogP contribution in [0.4, 0.5) is 10.5 Å². The molecule has 0 aliphatic carbocycles. The number of amides is 2. The monoisotopic (exact) mass is 433 g/mol. The van der Waals surface area contributed by atoms with E-state index in [9.17, 15) is 4.79 Å². The minimum Gasteiger partial charge on any atom is -0.493 e. The third kappa shape index (κ3) is 5.17. The van der Waals surface area contributed by atoms with Crippen LogP contribution in [0.5, 0.6) is 17.2 Å². The number of anilines is 1. The number of hydrogen-bond acceptors (Lipinski definition) is 6. The molecule has 1 saturated heterocycles. The van der Waals surface area contributed by atoms with Crippen molar-refractivity contribution in [1.82, 2.24) is 9.80 Å². The maximum atomic E-state index is 13.3. The van der Waals surface area contributed by atoms with Crippen molar-refractivity contribution in [1.29, 1.82) is 0 Å². The van der Waals surface area contributed by atoms with Crippen molar-refractivity contribution < 1.29 is 19.0 Å². The molecule has 1 fully saturated rings. The van der Waals surface area contributed by atoms with E-state index in [4.69, 9.17) is 14.2 Å². The van der Waals surface area contributed by atoms with Crippen LogP contribution >= 0.6 is 11.3 Å². The number of hydrogen-bond donors (Lipinski definition) is 1. The van der Waals surface area contributed by atoms with E-state index in [2.05, 4.69) is 23.2 Å². The van der Waals surface area contributed by atoms with Crippen molar-refractivity contribution in [2.45, 2.75) is 32.4 Å². The zero-order valence-electron chi connectivity index (χ0n) is 18.1. The van der Waals surface area contributed by atoms with Crippen LogP contribution in [0.25, 0.3) is 0 Å². The summed E-state index contributed by atoms with van der Waals surface area (Å²) in [4.78, 5) is 18.9. The van der Waals surface area contributed by atoms with Crippen LogP contribution in [-0.4, -0.2) is 62.8 Å². The Hall–Kier alpha value is -2.45. The Kier molecular flexibility index (Phi) is 7.81. The molecule has 2 aromatic rings. The molecule has 1 aliphatic rings. The first-order valence-electron chi connectivity index (χ1n) is 10.2. The largest absolute Gasteiger partial charge is 0.493 e. The second-order valence-electron chi connectivity index (χ2n) is 7.22. The van der Waals surface area contributed by atoms with Gasteiger partial charge in [-0.15, -0.1) is 11.3 Å². The van der Waals surface area contributed by atoms with Gasteiger partial charge in [0.1, 0.15) is 0 Å². The zero-order valence-corrected chi connectivity index (χ0v) is 19.0. The van der Waals surface area contributed by atoms with Gasteiger partial charge in [-0.25, -0.2) is 4.79 Å². The molecule has 1 aliphatic heterocycles. The SMILES string of the molecule is CCN1CCC(N(Cc2cccs2)C(=O)Nc2cc(OC)c(OC)c(OC)c2)CC1. The fourth-order valence-corrected chi connectivity index (χ4v) is 4.54. The van der Waals surface area contributed by atoms with E-state index in [0.29, 0.717) is 29.5 Å². The summed E-state index contributed by atoms with van der Waals surface area (Å²) in [6, 6.07) is 7.69. The molecule has 2 amide bonds. The maximum absolute atomic E-state index is 13.3. The van der Waals surface area contributed by atoms with Crippen molar-refractivity contribution in [2.24, 2.45) is 0 Å². The number of nitrogens with one attached hydrogen (secondary N) is 1. The number of piperidine rings is 1. The Balaban J connectivity index is 1.81. The van der Waals surface area contributed by atoms with Crippen LogP contribution in [0, 0.1) is 0 Å². The van der Waals surface area contributed by atoms with E-state index in [-0.39, 0.29) is 12.1 Å². The fourth-order valence-electron chi connectivity index (χ4n) is 3.83. The number of carbonyl (C=O) groups excluding carboxylic acids is 1. The van der Waals surface area contributed by atoms with E-state index < -0.39 is 0 Å². The molecule has 3 rings (SSSR count). The van der Waals surface area contributed by atoms with Crippen molar-refractivity contribution in [3.05, 3.63) is 34.5 Å². The highest BCUT2D eigenvalue weighted by Gasteiger charge is 2.28. The summed E-state index contributed by atoms with van der Waals surface area (Å²) in [5, 5.41) is 5.09. The Bertz CT molecular complexity index is 795. The highest BCUT2D eigenvalue weighted by molar-refractivity contribution is 7.09. The predicted octanol–water partition coefficient (Wildman–Crippen LogP) is 4.29. The number of rotatable bonds is 8. The van der Waals surface area contributed by atoms with E-state index in [1.807, 2.05) is 16.3 Å². The highest BCUT2D eigenvalue weighted by atomic mass is 32.1. The Morgan fingerprint density at radius 3 is 2.33 bits per heavy atom. The number of carbonyl (C=O) groups is 1. The summed E-state index contributed by atoms with van der Waals surface area (Å²) in [5.74, 6) is 1.52. The first-order chi connectivity index (χ1) is 14.6. The van der Waals surface area contributed by atoms with Gasteiger partial charge < -0.3 is 29.3 Å². The van der Waals surface area contributed by atoms with Gasteiger partial charge in [-0.05, 0) is 30.8 Å². The lowest BCUT2D eigenvalue weighted by atomic mass is 10.0. The molecule has 164 valence electrons. The number of benzene rings is 1. The molecule has 0 spiro atoms. The molecule has 0 bridgehead atoms. The van der Waals surface area contributed by atoms with Crippen molar-refractivity contribution in [3.63, 3.8) is 0 Å². The van der Waals surface area contributed by atoms with Gasteiger partial charge in [-0.2, -0.15) is 0 Å². The highest BCUT2D eigenvalue weighted by Crippen LogP contribution is 2.40. The average Bonchev–Trinajstić information content (AvgIpc) is 3.30. The molecule has 1 aromatic carbocycles. The average molecular weight is 434 g/mol. The lowest BCUT2D eigenvalue weighted by molar-refractivity contribution is 0.127. The molecule has 7 nitrogen and oxygen atoms in total. The zero-order chi connectivity index (χ0) is 21.5. The smallest absolute Gasteiger partial charge is 0.322 e. The lowest BCUT2D eigenvalue weighted by Gasteiger charge is -2.38. The number of likely N-dealkylation sites (tertiary alicyclic amines) is 1. The topological polar surface area (TPSA) is 63.3 Å². The normalized spacial score (nSPS) is 14.9. The van der Waals surface area contributed by atoms with Gasteiger partial charge in [0.15, 0.2) is 11.5 Å². The van der Waals surface area contributed by atoms with Crippen molar-refractivity contribution >= 4 is 23.1 Å². The molecule has 8 heteroatoms. The summed E-state index contributed by atoms with van der Waals surface area (Å²) >= 11 is 1.67. The fraction of sp³-hybridized carbons (Fsp3) is 0.500. The van der Waals surface area contributed by atoms with Crippen LogP contribution in [-0.2, 0) is 6.54 Å². The van der Waals surface area contributed by atoms with Gasteiger partial charge >= 0.3 is 6.03 Å². The number of ether oxygens (including phenoxy) is 3. The molecular formula is C22H31N3O4S. The number of thiophene rings is 1. The second-order valence-corrected chi connectivity index (χ2v) is 8.25. The molecule has 0 saturated carbocycles. The molecule has 0 radical (unpaired) electrons. The first-order valence-corrected chi connectivity index (χ1v) is 11.1. The molecule has 1 aromatic heterocycles. The number of nitrogens with zero attached hydrogens (tertiary/aromatic N) is 2. The van der Waals surface area contributed by atoms with Gasteiger partial charge in [0, 0.05) is 36.1 Å². The van der Waals surface area contributed by atoms with E-state index in [1.54, 1.807) is 44.8 Å². The molecule has 2 heterocycles. The van der Waals surface area contributed by atoms with Gasteiger partial charge in [0.05, 0.1) is 33.6 Å². The van der Waals surface area contributed by atoms with Crippen LogP contribution < -0.4 is 19.5 Å². The minimum absolute atomic E-state index is 0.118. The van der Waals surface area contributed by atoms with E-state index >= 15 is 0 Å². The Morgan fingerprint density at radius 1 is 1.17 bits per heavy atom. The van der Waals surface area contributed by atoms with Gasteiger partial charge in [0.25, 0.3) is 0 Å². The first kappa shape index (κ1) is 22.2. The summed E-state index contributed by atoms with van der Waals surface area (Å²) in [6.45, 7) is 5.86. The quantitative estimate of drug-likeness (QED) is 0.673. The molecular weight excluding hydrogens is 402 g/mol. The minimum atomic E-state index is -0.118. The van der Waals surface area contributed by atoms with Gasteiger partial charge in [0.2, 0.25) is 5.75 Å². The summed E-state index contributed by atoms with van der Waals surface area (Å²) in [6.07, 6.45) is 1.95. The van der Waals surface area contributed by atoms with Crippen LogP contribution in [0.2, 0.25) is 0 Å². The molecule has 30 heavy (non-hydrogen) atoms.